The van der Waals surface area contributed by atoms with Gasteiger partial charge in [0.15, 0.2) is 0 Å². The molecule has 1 aromatic heterocycles. The van der Waals surface area contributed by atoms with Crippen molar-refractivity contribution in [2.45, 2.75) is 52.6 Å². The summed E-state index contributed by atoms with van der Waals surface area (Å²) in [7, 11) is 0. The van der Waals surface area contributed by atoms with Crippen LogP contribution in [0.1, 0.15) is 45.6 Å². The van der Waals surface area contributed by atoms with E-state index in [1.54, 1.807) is 6.92 Å². The molecule has 2 N–H and O–H groups in total. The maximum atomic E-state index is 12.0. The third-order valence-corrected chi connectivity index (χ3v) is 3.89. The van der Waals surface area contributed by atoms with E-state index in [-0.39, 0.29) is 18.4 Å². The van der Waals surface area contributed by atoms with Gasteiger partial charge in [-0.15, -0.1) is 10.2 Å². The van der Waals surface area contributed by atoms with E-state index in [0.29, 0.717) is 18.3 Å². The van der Waals surface area contributed by atoms with Crippen molar-refractivity contribution in [1.82, 2.24) is 30.8 Å². The minimum absolute atomic E-state index is 0.0948. The molecule has 1 heterocycles. The average Bonchev–Trinajstić information content (AvgIpc) is 3.07. The van der Waals surface area contributed by atoms with Crippen molar-refractivity contribution < 1.29 is 9.59 Å². The van der Waals surface area contributed by atoms with Crippen LogP contribution in [-0.2, 0) is 16.1 Å². The van der Waals surface area contributed by atoms with Crippen molar-refractivity contribution in [3.05, 3.63) is 29.8 Å². The number of carbonyl (C=O) groups excluding carboxylic acids is 2. The standard InChI is InChI=1S/C18H26N6O2/c1-5-10-19-18(26)13(4)20-16(25)11-24-22-17(21-23-24)15-8-6-14(7-9-15)12(2)3/h6-9,12-13H,5,10-11H2,1-4H3,(H,19,26)(H,20,25)/t13-/m1/s1. The summed E-state index contributed by atoms with van der Waals surface area (Å²) in [4.78, 5) is 25.0. The summed E-state index contributed by atoms with van der Waals surface area (Å²) in [5.41, 5.74) is 2.07. The number of benzene rings is 1. The molecule has 0 unspecified atom stereocenters. The van der Waals surface area contributed by atoms with Crippen LogP contribution < -0.4 is 10.6 Å². The Kier molecular flexibility index (Phi) is 6.82. The lowest BCUT2D eigenvalue weighted by Crippen LogP contribution is -2.46. The fraction of sp³-hybridized carbons (Fsp3) is 0.500. The Morgan fingerprint density at radius 2 is 1.85 bits per heavy atom. The van der Waals surface area contributed by atoms with Crippen molar-refractivity contribution in [3.63, 3.8) is 0 Å². The molecule has 1 atom stereocenters. The number of amides is 2. The first-order chi connectivity index (χ1) is 12.4. The van der Waals surface area contributed by atoms with E-state index in [1.165, 1.54) is 10.4 Å². The summed E-state index contributed by atoms with van der Waals surface area (Å²) in [5, 5.41) is 17.5. The number of carbonyl (C=O) groups is 2. The molecule has 0 saturated carbocycles. The molecule has 0 spiro atoms. The maximum absolute atomic E-state index is 12.0. The Bertz CT molecular complexity index is 738. The molecular formula is C18H26N6O2. The Morgan fingerprint density at radius 1 is 1.15 bits per heavy atom. The van der Waals surface area contributed by atoms with Crippen LogP contribution >= 0.6 is 0 Å². The summed E-state index contributed by atoms with van der Waals surface area (Å²) in [6.45, 7) is 8.36. The Morgan fingerprint density at radius 3 is 2.46 bits per heavy atom. The van der Waals surface area contributed by atoms with Crippen LogP contribution in [-0.4, -0.2) is 44.6 Å². The quantitative estimate of drug-likeness (QED) is 0.744. The maximum Gasteiger partial charge on any atom is 0.244 e. The number of hydrogen-bond donors (Lipinski definition) is 2. The topological polar surface area (TPSA) is 102 Å². The summed E-state index contributed by atoms with van der Waals surface area (Å²) < 4.78 is 0. The van der Waals surface area contributed by atoms with Crippen LogP contribution in [0.3, 0.4) is 0 Å². The van der Waals surface area contributed by atoms with Crippen LogP contribution in [0.25, 0.3) is 11.4 Å². The lowest BCUT2D eigenvalue weighted by atomic mass is 10.0. The average molecular weight is 358 g/mol. The molecule has 26 heavy (non-hydrogen) atoms. The molecule has 8 heteroatoms. The van der Waals surface area contributed by atoms with Gasteiger partial charge in [0.05, 0.1) is 0 Å². The van der Waals surface area contributed by atoms with Gasteiger partial charge in [0.25, 0.3) is 0 Å². The highest BCUT2D eigenvalue weighted by molar-refractivity contribution is 5.87. The number of tetrazole rings is 1. The number of rotatable bonds is 8. The van der Waals surface area contributed by atoms with Crippen molar-refractivity contribution in [2.75, 3.05) is 6.54 Å². The molecule has 140 valence electrons. The molecule has 2 amide bonds. The Hall–Kier alpha value is -2.77. The van der Waals surface area contributed by atoms with E-state index in [4.69, 9.17) is 0 Å². The molecule has 0 saturated heterocycles. The van der Waals surface area contributed by atoms with Gasteiger partial charge in [-0.25, -0.2) is 0 Å². The van der Waals surface area contributed by atoms with E-state index < -0.39 is 6.04 Å². The number of nitrogens with one attached hydrogen (secondary N) is 2. The Labute approximate surface area is 153 Å². The minimum Gasteiger partial charge on any atom is -0.354 e. The molecule has 0 fully saturated rings. The number of aromatic nitrogens is 4. The van der Waals surface area contributed by atoms with E-state index in [9.17, 15) is 9.59 Å². The second-order valence-electron chi connectivity index (χ2n) is 6.50. The van der Waals surface area contributed by atoms with Gasteiger partial charge in [-0.2, -0.15) is 4.80 Å². The van der Waals surface area contributed by atoms with Gasteiger partial charge in [-0.05, 0) is 30.0 Å². The van der Waals surface area contributed by atoms with Crippen LogP contribution in [0.15, 0.2) is 24.3 Å². The molecule has 2 rings (SSSR count). The predicted octanol–water partition coefficient (Wildman–Crippen LogP) is 1.49. The van der Waals surface area contributed by atoms with E-state index in [0.717, 1.165) is 12.0 Å². The zero-order valence-corrected chi connectivity index (χ0v) is 15.7. The first kappa shape index (κ1) is 19.6. The van der Waals surface area contributed by atoms with Crippen LogP contribution in [0.2, 0.25) is 0 Å². The molecule has 0 radical (unpaired) electrons. The van der Waals surface area contributed by atoms with E-state index in [1.807, 2.05) is 31.2 Å². The van der Waals surface area contributed by atoms with Gasteiger partial charge in [0, 0.05) is 12.1 Å². The molecule has 0 aliphatic rings. The first-order valence-corrected chi connectivity index (χ1v) is 8.86. The first-order valence-electron chi connectivity index (χ1n) is 8.86. The fourth-order valence-electron chi connectivity index (χ4n) is 2.33. The van der Waals surface area contributed by atoms with Crippen LogP contribution in [0, 0.1) is 0 Å². The lowest BCUT2D eigenvalue weighted by Gasteiger charge is -2.13. The highest BCUT2D eigenvalue weighted by Gasteiger charge is 2.16. The zero-order chi connectivity index (χ0) is 19.1. The van der Waals surface area contributed by atoms with Crippen LogP contribution in [0.4, 0.5) is 0 Å². The number of nitrogens with zero attached hydrogens (tertiary/aromatic N) is 4. The predicted molar refractivity (Wildman–Crippen MR) is 98.2 cm³/mol. The van der Waals surface area contributed by atoms with Gasteiger partial charge >= 0.3 is 0 Å². The molecule has 0 aliphatic carbocycles. The summed E-state index contributed by atoms with van der Waals surface area (Å²) in [5.74, 6) is 0.357. The summed E-state index contributed by atoms with van der Waals surface area (Å²) in [6, 6.07) is 7.34. The van der Waals surface area contributed by atoms with Crippen molar-refractivity contribution in [3.8, 4) is 11.4 Å². The largest absolute Gasteiger partial charge is 0.354 e. The third-order valence-electron chi connectivity index (χ3n) is 3.89. The molecule has 8 nitrogen and oxygen atoms in total. The molecule has 1 aromatic carbocycles. The van der Waals surface area contributed by atoms with E-state index >= 15 is 0 Å². The number of hydrogen-bond acceptors (Lipinski definition) is 5. The summed E-state index contributed by atoms with van der Waals surface area (Å²) >= 11 is 0. The van der Waals surface area contributed by atoms with Gasteiger partial charge in [-0.1, -0.05) is 45.0 Å². The molecule has 0 aliphatic heterocycles. The Balaban J connectivity index is 1.93. The van der Waals surface area contributed by atoms with Crippen LogP contribution in [0.5, 0.6) is 0 Å². The zero-order valence-electron chi connectivity index (χ0n) is 15.7. The molecular weight excluding hydrogens is 332 g/mol. The van der Waals surface area contributed by atoms with Gasteiger partial charge < -0.3 is 10.6 Å². The molecule has 2 aromatic rings. The second-order valence-corrected chi connectivity index (χ2v) is 6.50. The fourth-order valence-corrected chi connectivity index (χ4v) is 2.33. The van der Waals surface area contributed by atoms with E-state index in [2.05, 4.69) is 39.9 Å². The second kappa shape index (κ2) is 9.07. The monoisotopic (exact) mass is 358 g/mol. The van der Waals surface area contributed by atoms with Crippen molar-refractivity contribution in [2.24, 2.45) is 0 Å². The minimum atomic E-state index is -0.611. The van der Waals surface area contributed by atoms with Gasteiger partial charge in [0.1, 0.15) is 12.6 Å². The molecule has 0 bridgehead atoms. The SMILES string of the molecule is CCCNC(=O)[C@@H](C)NC(=O)Cn1nnc(-c2ccc(C(C)C)cc2)n1. The van der Waals surface area contributed by atoms with Gasteiger partial charge in [0.2, 0.25) is 17.6 Å². The van der Waals surface area contributed by atoms with Crippen molar-refractivity contribution in [1.29, 1.82) is 0 Å². The lowest BCUT2D eigenvalue weighted by molar-refractivity contribution is -0.129. The van der Waals surface area contributed by atoms with Gasteiger partial charge in [-0.3, -0.25) is 9.59 Å². The normalized spacial score (nSPS) is 12.0. The smallest absolute Gasteiger partial charge is 0.244 e. The third kappa shape index (κ3) is 5.37. The highest BCUT2D eigenvalue weighted by Crippen LogP contribution is 2.19. The van der Waals surface area contributed by atoms with Crippen molar-refractivity contribution >= 4 is 11.8 Å². The highest BCUT2D eigenvalue weighted by atomic mass is 16.2. The summed E-state index contributed by atoms with van der Waals surface area (Å²) in [6.07, 6.45) is 0.843.